The molecule has 0 saturated heterocycles. The molecule has 0 aliphatic heterocycles. The summed E-state index contributed by atoms with van der Waals surface area (Å²) < 4.78 is 30.2. The van der Waals surface area contributed by atoms with E-state index in [0.717, 1.165) is 18.9 Å². The van der Waals surface area contributed by atoms with Gasteiger partial charge in [0.05, 0.1) is 0 Å². The Hall–Kier alpha value is -0.223. The van der Waals surface area contributed by atoms with Crippen LogP contribution in [0.25, 0.3) is 0 Å². The van der Waals surface area contributed by atoms with Crippen molar-refractivity contribution in [3.05, 3.63) is 12.2 Å². The van der Waals surface area contributed by atoms with Crippen molar-refractivity contribution >= 4 is 8.32 Å². The number of hydrogen-bond donors (Lipinski definition) is 0. The molecule has 0 spiro atoms. The van der Waals surface area contributed by atoms with Crippen LogP contribution in [0.15, 0.2) is 12.2 Å². The largest absolute Gasteiger partial charge is 0.414 e. The molecule has 0 aliphatic carbocycles. The van der Waals surface area contributed by atoms with Crippen molar-refractivity contribution in [3.8, 4) is 0 Å². The number of rotatable bonds is 10. The first-order valence-corrected chi connectivity index (χ1v) is 10.4. The van der Waals surface area contributed by atoms with Crippen molar-refractivity contribution < 1.29 is 13.2 Å². The number of halogens is 2. The highest BCUT2D eigenvalue weighted by Gasteiger charge is 2.20. The lowest BCUT2D eigenvalue weighted by atomic mass is 10.1. The van der Waals surface area contributed by atoms with E-state index in [4.69, 9.17) is 4.43 Å². The fourth-order valence-electron chi connectivity index (χ4n) is 1.86. The monoisotopic (exact) mass is 278 g/mol. The van der Waals surface area contributed by atoms with Crippen molar-refractivity contribution in [1.29, 1.82) is 0 Å². The molecular weight excluding hydrogens is 250 g/mol. The van der Waals surface area contributed by atoms with Gasteiger partial charge in [-0.15, -0.1) is 0 Å². The second-order valence-corrected chi connectivity index (χ2v) is 10.2. The first-order valence-electron chi connectivity index (χ1n) is 6.97. The normalized spacial score (nSPS) is 14.6. The molecule has 1 atom stereocenters. The summed E-state index contributed by atoms with van der Waals surface area (Å²) in [5.74, 6) is 0. The first kappa shape index (κ1) is 17.8. The van der Waals surface area contributed by atoms with E-state index in [1.807, 2.05) is 0 Å². The summed E-state index contributed by atoms with van der Waals surface area (Å²) in [6.07, 6.45) is 6.69. The van der Waals surface area contributed by atoms with Crippen molar-refractivity contribution in [2.45, 2.75) is 77.6 Å². The van der Waals surface area contributed by atoms with E-state index in [1.54, 1.807) is 6.08 Å². The molecule has 1 unspecified atom stereocenters. The van der Waals surface area contributed by atoms with Gasteiger partial charge in [-0.25, -0.2) is 8.78 Å². The minimum absolute atomic E-state index is 0.114. The number of alkyl halides is 2. The van der Waals surface area contributed by atoms with Crippen molar-refractivity contribution in [2.24, 2.45) is 0 Å². The molecule has 18 heavy (non-hydrogen) atoms. The van der Waals surface area contributed by atoms with Gasteiger partial charge in [0.25, 0.3) is 6.43 Å². The first-order chi connectivity index (χ1) is 8.35. The molecule has 0 amide bonds. The van der Waals surface area contributed by atoms with E-state index in [-0.39, 0.29) is 6.10 Å². The summed E-state index contributed by atoms with van der Waals surface area (Å²) in [7, 11) is -1.59. The molecule has 108 valence electrons. The average molecular weight is 278 g/mol. The zero-order chi connectivity index (χ0) is 14.0. The van der Waals surface area contributed by atoms with Crippen molar-refractivity contribution in [3.63, 3.8) is 0 Å². The highest BCUT2D eigenvalue weighted by molar-refractivity contribution is 6.69. The fourth-order valence-corrected chi connectivity index (χ4v) is 3.07. The molecule has 0 aromatic carbocycles. The minimum atomic E-state index is -2.35. The molecule has 0 aromatic heterocycles. The quantitative estimate of drug-likeness (QED) is 0.296. The topological polar surface area (TPSA) is 9.23 Å². The Kier molecular flexibility index (Phi) is 9.55. The van der Waals surface area contributed by atoms with Crippen molar-refractivity contribution in [1.82, 2.24) is 0 Å². The van der Waals surface area contributed by atoms with Crippen molar-refractivity contribution in [2.75, 3.05) is 0 Å². The standard InChI is InChI=1S/C14H28F2OSi/c1-5-6-7-8-10-13(17-18(2,3)4)11-9-12-14(15)16/h9,12-14H,5-8,10-11H2,1-4H3. The Morgan fingerprint density at radius 3 is 2.28 bits per heavy atom. The zero-order valence-corrected chi connectivity index (χ0v) is 13.2. The van der Waals surface area contributed by atoms with Gasteiger partial charge in [-0.3, -0.25) is 0 Å². The second-order valence-electron chi connectivity index (χ2n) is 5.70. The highest BCUT2D eigenvalue weighted by atomic mass is 28.4. The summed E-state index contributed by atoms with van der Waals surface area (Å²) in [4.78, 5) is 0. The van der Waals surface area contributed by atoms with E-state index >= 15 is 0 Å². The maximum atomic E-state index is 12.1. The smallest absolute Gasteiger partial charge is 0.257 e. The molecule has 0 aliphatic rings. The van der Waals surface area contributed by atoms with E-state index in [0.29, 0.717) is 6.42 Å². The maximum Gasteiger partial charge on any atom is 0.257 e. The molecule has 4 heteroatoms. The van der Waals surface area contributed by atoms with E-state index in [2.05, 4.69) is 26.6 Å². The predicted molar refractivity (Wildman–Crippen MR) is 76.7 cm³/mol. The molecule has 0 aromatic rings. The van der Waals surface area contributed by atoms with Crippen LogP contribution < -0.4 is 0 Å². The van der Waals surface area contributed by atoms with Gasteiger partial charge in [0.1, 0.15) is 0 Å². The Balaban J connectivity index is 4.08. The summed E-state index contributed by atoms with van der Waals surface area (Å²) in [6.45, 7) is 8.61. The highest BCUT2D eigenvalue weighted by Crippen LogP contribution is 2.17. The summed E-state index contributed by atoms with van der Waals surface area (Å²) in [5, 5.41) is 0. The van der Waals surface area contributed by atoms with Gasteiger partial charge in [0.2, 0.25) is 0 Å². The summed E-state index contributed by atoms with van der Waals surface area (Å²) in [5.41, 5.74) is 0. The Morgan fingerprint density at radius 1 is 1.11 bits per heavy atom. The molecule has 0 radical (unpaired) electrons. The van der Waals surface area contributed by atoms with Crippen LogP contribution in [0, 0.1) is 0 Å². The minimum Gasteiger partial charge on any atom is -0.414 e. The lowest BCUT2D eigenvalue weighted by Crippen LogP contribution is -2.31. The summed E-state index contributed by atoms with van der Waals surface area (Å²) >= 11 is 0. The zero-order valence-electron chi connectivity index (χ0n) is 12.2. The molecule has 0 rings (SSSR count). The van der Waals surface area contributed by atoms with Crippen LogP contribution in [0.3, 0.4) is 0 Å². The van der Waals surface area contributed by atoms with E-state index in [1.165, 1.54) is 19.3 Å². The van der Waals surface area contributed by atoms with Gasteiger partial charge in [-0.2, -0.15) is 0 Å². The molecule has 0 heterocycles. The number of allylic oxidation sites excluding steroid dienone is 1. The van der Waals surface area contributed by atoms with Crippen LogP contribution in [-0.4, -0.2) is 20.8 Å². The van der Waals surface area contributed by atoms with Gasteiger partial charge in [0, 0.05) is 6.10 Å². The van der Waals surface area contributed by atoms with Crippen LogP contribution >= 0.6 is 0 Å². The van der Waals surface area contributed by atoms with Gasteiger partial charge >= 0.3 is 0 Å². The third kappa shape index (κ3) is 12.2. The molecule has 0 N–H and O–H groups in total. The molecular formula is C14H28F2OSi. The van der Waals surface area contributed by atoms with E-state index in [9.17, 15) is 8.78 Å². The Morgan fingerprint density at radius 2 is 1.78 bits per heavy atom. The SMILES string of the molecule is CCCCCCC(CC=CC(F)F)O[Si](C)(C)C. The second kappa shape index (κ2) is 9.67. The van der Waals surface area contributed by atoms with Crippen LogP contribution in [0.5, 0.6) is 0 Å². The third-order valence-corrected chi connectivity index (χ3v) is 3.62. The van der Waals surface area contributed by atoms with Crippen LogP contribution in [-0.2, 0) is 4.43 Å². The maximum absolute atomic E-state index is 12.1. The van der Waals surface area contributed by atoms with Crippen LogP contribution in [0.4, 0.5) is 8.78 Å². The Labute approximate surface area is 112 Å². The lowest BCUT2D eigenvalue weighted by Gasteiger charge is -2.25. The molecule has 1 nitrogen and oxygen atoms in total. The summed E-state index contributed by atoms with van der Waals surface area (Å²) in [6, 6.07) is 0. The van der Waals surface area contributed by atoms with Gasteiger partial charge < -0.3 is 4.43 Å². The molecule has 0 saturated carbocycles. The average Bonchev–Trinajstić information content (AvgIpc) is 2.21. The van der Waals surface area contributed by atoms with Gasteiger partial charge in [0.15, 0.2) is 8.32 Å². The molecule has 0 bridgehead atoms. The number of unbranched alkanes of at least 4 members (excludes halogenated alkanes) is 3. The van der Waals surface area contributed by atoms with Gasteiger partial charge in [-0.05, 0) is 38.6 Å². The predicted octanol–water partition coefficient (Wildman–Crippen LogP) is 5.39. The van der Waals surface area contributed by atoms with Crippen LogP contribution in [0.2, 0.25) is 19.6 Å². The van der Waals surface area contributed by atoms with E-state index < -0.39 is 14.7 Å². The van der Waals surface area contributed by atoms with Crippen LogP contribution in [0.1, 0.15) is 45.4 Å². The Bertz CT molecular complexity index is 224. The number of hydrogen-bond acceptors (Lipinski definition) is 1. The third-order valence-electron chi connectivity index (χ3n) is 2.58. The fraction of sp³-hybridized carbons (Fsp3) is 0.857. The lowest BCUT2D eigenvalue weighted by molar-refractivity contribution is 0.180. The van der Waals surface area contributed by atoms with Gasteiger partial charge in [-0.1, -0.05) is 38.7 Å². The molecule has 0 fully saturated rings.